The minimum atomic E-state index is -3.24. The van der Waals surface area contributed by atoms with Crippen LogP contribution in [0.25, 0.3) is 10.6 Å². The highest BCUT2D eigenvalue weighted by Crippen LogP contribution is 2.31. The summed E-state index contributed by atoms with van der Waals surface area (Å²) in [6.45, 7) is 0.694. The molecule has 0 radical (unpaired) electrons. The van der Waals surface area contributed by atoms with E-state index < -0.39 is 10.0 Å². The predicted octanol–water partition coefficient (Wildman–Crippen LogP) is 2.49. The average Bonchev–Trinajstić information content (AvgIpc) is 3.10. The van der Waals surface area contributed by atoms with Gasteiger partial charge in [0.2, 0.25) is 10.0 Å². The molecule has 1 aliphatic heterocycles. The molecule has 2 aliphatic rings. The van der Waals surface area contributed by atoms with Crippen molar-refractivity contribution >= 4 is 21.4 Å². The van der Waals surface area contributed by atoms with Gasteiger partial charge in [0, 0.05) is 19.2 Å². The van der Waals surface area contributed by atoms with Crippen LogP contribution in [0.4, 0.5) is 0 Å². The van der Waals surface area contributed by atoms with Gasteiger partial charge in [0.05, 0.1) is 16.2 Å². The lowest BCUT2D eigenvalue weighted by atomic mass is 10.0. The number of sulfonamides is 1. The molecule has 0 atom stereocenters. The fourth-order valence-electron chi connectivity index (χ4n) is 3.60. The second kappa shape index (κ2) is 6.66. The monoisotopic (exact) mass is 379 g/mol. The lowest BCUT2D eigenvalue weighted by Crippen LogP contribution is -2.55. The molecule has 0 aromatic carbocycles. The van der Waals surface area contributed by atoms with E-state index >= 15 is 0 Å². The van der Waals surface area contributed by atoms with Crippen LogP contribution in [0.1, 0.15) is 38.1 Å². The number of thiophene rings is 1. The Hall–Kier alpha value is -1.51. The molecule has 0 spiro atoms. The molecule has 0 unspecified atom stereocenters. The van der Waals surface area contributed by atoms with Crippen LogP contribution in [-0.2, 0) is 10.0 Å². The fraction of sp³-hybridized carbons (Fsp3) is 0.529. The maximum atomic E-state index is 12.7. The Balaban J connectivity index is 1.50. The van der Waals surface area contributed by atoms with Gasteiger partial charge in [-0.2, -0.15) is 9.40 Å². The second-order valence-corrected chi connectivity index (χ2v) is 9.92. The van der Waals surface area contributed by atoms with Gasteiger partial charge in [0.15, 0.2) is 0 Å². The van der Waals surface area contributed by atoms with Gasteiger partial charge in [-0.05, 0) is 30.4 Å². The average molecular weight is 380 g/mol. The van der Waals surface area contributed by atoms with Crippen LogP contribution in [-0.4, -0.2) is 40.8 Å². The molecule has 0 amide bonds. The minimum absolute atomic E-state index is 0.175. The molecular weight excluding hydrogens is 358 g/mol. The van der Waals surface area contributed by atoms with Crippen molar-refractivity contribution in [2.45, 2.75) is 43.4 Å². The molecule has 0 bridgehead atoms. The van der Waals surface area contributed by atoms with Crippen LogP contribution in [0.3, 0.4) is 0 Å². The number of hydrogen-bond donors (Lipinski definition) is 0. The highest BCUT2D eigenvalue weighted by Gasteiger charge is 2.42. The molecule has 1 aliphatic carbocycles. The zero-order valence-corrected chi connectivity index (χ0v) is 15.5. The smallest absolute Gasteiger partial charge is 0.267 e. The van der Waals surface area contributed by atoms with Gasteiger partial charge in [-0.1, -0.05) is 25.3 Å². The van der Waals surface area contributed by atoms with E-state index in [-0.39, 0.29) is 16.9 Å². The van der Waals surface area contributed by atoms with Gasteiger partial charge in [0.25, 0.3) is 5.56 Å². The van der Waals surface area contributed by atoms with E-state index in [1.807, 2.05) is 17.5 Å². The van der Waals surface area contributed by atoms with E-state index in [1.54, 1.807) is 17.4 Å². The summed E-state index contributed by atoms with van der Waals surface area (Å²) in [6.07, 6.45) is 4.63. The molecule has 2 aromatic rings. The molecule has 3 heterocycles. The van der Waals surface area contributed by atoms with Gasteiger partial charge in [-0.3, -0.25) is 4.79 Å². The largest absolute Gasteiger partial charge is 0.268 e. The highest BCUT2D eigenvalue weighted by molar-refractivity contribution is 7.89. The lowest BCUT2D eigenvalue weighted by molar-refractivity contribution is 0.182. The maximum Gasteiger partial charge on any atom is 0.267 e. The van der Waals surface area contributed by atoms with Crippen molar-refractivity contribution in [1.82, 2.24) is 14.1 Å². The molecule has 4 rings (SSSR count). The highest BCUT2D eigenvalue weighted by atomic mass is 32.2. The third kappa shape index (κ3) is 3.18. The molecule has 2 aromatic heterocycles. The molecular formula is C17H21N3O3S2. The van der Waals surface area contributed by atoms with Crippen LogP contribution < -0.4 is 5.56 Å². The topological polar surface area (TPSA) is 72.3 Å². The van der Waals surface area contributed by atoms with Gasteiger partial charge < -0.3 is 0 Å². The summed E-state index contributed by atoms with van der Waals surface area (Å²) >= 11 is 1.57. The van der Waals surface area contributed by atoms with Gasteiger partial charge in [-0.15, -0.1) is 11.3 Å². The first-order valence-electron chi connectivity index (χ1n) is 8.68. The Morgan fingerprint density at radius 3 is 2.52 bits per heavy atom. The standard InChI is InChI=1S/C17H21N3O3S2/c21-17-9-8-15(16-7-4-10-24-16)18-20(17)13-11-19(12-13)25(22,23)14-5-2-1-3-6-14/h4,7-10,13-14H,1-3,5-6,11-12H2. The molecule has 6 nitrogen and oxygen atoms in total. The van der Waals surface area contributed by atoms with E-state index in [1.165, 1.54) is 15.1 Å². The zero-order chi connectivity index (χ0) is 17.4. The first-order chi connectivity index (χ1) is 12.1. The molecule has 25 heavy (non-hydrogen) atoms. The number of nitrogens with zero attached hydrogens (tertiary/aromatic N) is 3. The summed E-state index contributed by atoms with van der Waals surface area (Å²) in [5, 5.41) is 6.18. The van der Waals surface area contributed by atoms with Gasteiger partial charge in [0.1, 0.15) is 5.69 Å². The van der Waals surface area contributed by atoms with Crippen LogP contribution in [0, 0.1) is 0 Å². The van der Waals surface area contributed by atoms with E-state index in [4.69, 9.17) is 0 Å². The zero-order valence-electron chi connectivity index (χ0n) is 13.9. The van der Waals surface area contributed by atoms with Crippen molar-refractivity contribution in [3.8, 4) is 10.6 Å². The van der Waals surface area contributed by atoms with Crippen molar-refractivity contribution in [2.24, 2.45) is 0 Å². The summed E-state index contributed by atoms with van der Waals surface area (Å²) in [5.74, 6) is 0. The third-order valence-electron chi connectivity index (χ3n) is 5.11. The van der Waals surface area contributed by atoms with Crippen LogP contribution in [0.15, 0.2) is 34.4 Å². The first-order valence-corrected chi connectivity index (χ1v) is 11.1. The van der Waals surface area contributed by atoms with Crippen molar-refractivity contribution in [1.29, 1.82) is 0 Å². The molecule has 0 N–H and O–H groups in total. The molecule has 134 valence electrons. The molecule has 2 fully saturated rings. The third-order valence-corrected chi connectivity index (χ3v) is 8.33. The Morgan fingerprint density at radius 2 is 1.84 bits per heavy atom. The summed E-state index contributed by atoms with van der Waals surface area (Å²) in [4.78, 5) is 13.2. The molecule has 1 saturated heterocycles. The summed E-state index contributed by atoms with van der Waals surface area (Å²) in [7, 11) is -3.24. The fourth-order valence-corrected chi connectivity index (χ4v) is 6.40. The molecule has 8 heteroatoms. The van der Waals surface area contributed by atoms with Crippen LogP contribution in [0.5, 0.6) is 0 Å². The normalized spacial score (nSPS) is 20.5. The van der Waals surface area contributed by atoms with E-state index in [0.29, 0.717) is 13.1 Å². The Labute approximate surface area is 151 Å². The number of hydrogen-bond acceptors (Lipinski definition) is 5. The Morgan fingerprint density at radius 1 is 1.08 bits per heavy atom. The van der Waals surface area contributed by atoms with Gasteiger partial charge >= 0.3 is 0 Å². The van der Waals surface area contributed by atoms with E-state index in [9.17, 15) is 13.2 Å². The van der Waals surface area contributed by atoms with E-state index in [2.05, 4.69) is 5.10 Å². The van der Waals surface area contributed by atoms with E-state index in [0.717, 1.165) is 42.7 Å². The number of rotatable bonds is 4. The first kappa shape index (κ1) is 16.9. The van der Waals surface area contributed by atoms with Crippen LogP contribution >= 0.6 is 11.3 Å². The summed E-state index contributed by atoms with van der Waals surface area (Å²) < 4.78 is 28.4. The van der Waals surface area contributed by atoms with Crippen molar-refractivity contribution in [3.63, 3.8) is 0 Å². The SMILES string of the molecule is O=c1ccc(-c2cccs2)nn1C1CN(S(=O)(=O)C2CCCCC2)C1. The molecule has 1 saturated carbocycles. The second-order valence-electron chi connectivity index (χ2n) is 6.75. The van der Waals surface area contributed by atoms with Crippen molar-refractivity contribution < 1.29 is 8.42 Å². The van der Waals surface area contributed by atoms with Crippen molar-refractivity contribution in [3.05, 3.63) is 40.0 Å². The summed E-state index contributed by atoms with van der Waals surface area (Å²) in [6, 6.07) is 6.97. The Kier molecular flexibility index (Phi) is 4.51. The maximum absolute atomic E-state index is 12.7. The number of aromatic nitrogens is 2. The summed E-state index contributed by atoms with van der Waals surface area (Å²) in [5.41, 5.74) is 0.572. The van der Waals surface area contributed by atoms with Crippen molar-refractivity contribution in [2.75, 3.05) is 13.1 Å². The quantitative estimate of drug-likeness (QED) is 0.818. The van der Waals surface area contributed by atoms with Gasteiger partial charge in [-0.25, -0.2) is 13.1 Å². The predicted molar refractivity (Wildman–Crippen MR) is 98.2 cm³/mol. The minimum Gasteiger partial charge on any atom is -0.268 e. The van der Waals surface area contributed by atoms with Crippen LogP contribution in [0.2, 0.25) is 0 Å². The Bertz CT molecular complexity index is 893. The lowest BCUT2D eigenvalue weighted by Gasteiger charge is -2.40.